The van der Waals surface area contributed by atoms with Gasteiger partial charge in [0.1, 0.15) is 11.5 Å². The number of phenolic OH excluding ortho intramolecular Hbond substituents is 1. The molecule has 1 unspecified atom stereocenters. The smallest absolute Gasteiger partial charge is 0.248 e. The van der Waals surface area contributed by atoms with Gasteiger partial charge in [0, 0.05) is 23.5 Å². The van der Waals surface area contributed by atoms with Crippen LogP contribution in [0.5, 0.6) is 11.5 Å². The summed E-state index contributed by atoms with van der Waals surface area (Å²) in [6.45, 7) is 0.398. The maximum Gasteiger partial charge on any atom is 0.248 e. The number of pyridine rings is 1. The van der Waals surface area contributed by atoms with Crippen LogP contribution in [0.4, 0.5) is 0 Å². The summed E-state index contributed by atoms with van der Waals surface area (Å²) >= 11 is 0. The van der Waals surface area contributed by atoms with Crippen molar-refractivity contribution in [1.82, 2.24) is 10.3 Å². The van der Waals surface area contributed by atoms with E-state index in [0.717, 1.165) is 25.0 Å². The summed E-state index contributed by atoms with van der Waals surface area (Å²) in [6.07, 6.45) is 2.28. The number of aromatic nitrogens is 1. The van der Waals surface area contributed by atoms with Gasteiger partial charge in [-0.3, -0.25) is 4.79 Å². The van der Waals surface area contributed by atoms with Crippen LogP contribution in [0.3, 0.4) is 0 Å². The fourth-order valence-electron chi connectivity index (χ4n) is 3.67. The normalized spacial score (nSPS) is 16.1. The van der Waals surface area contributed by atoms with Crippen LogP contribution >= 0.6 is 0 Å². The minimum absolute atomic E-state index is 0.00484. The summed E-state index contributed by atoms with van der Waals surface area (Å²) in [5.41, 5.74) is 1.98. The SMILES string of the molecule is COc1ccc(CC2(NCC(O)c3ccc(O)c4[nH]c(=O)ccc34)CC2)cc1. The molecule has 1 aromatic heterocycles. The van der Waals surface area contributed by atoms with E-state index in [4.69, 9.17) is 4.74 Å². The Morgan fingerprint density at radius 1 is 1.14 bits per heavy atom. The van der Waals surface area contributed by atoms with Crippen LogP contribution < -0.4 is 15.6 Å². The first-order valence-corrected chi connectivity index (χ1v) is 9.41. The van der Waals surface area contributed by atoms with Crippen molar-refractivity contribution in [3.63, 3.8) is 0 Å². The molecule has 6 heteroatoms. The van der Waals surface area contributed by atoms with E-state index in [1.165, 1.54) is 17.7 Å². The average Bonchev–Trinajstić information content (AvgIpc) is 3.47. The number of aliphatic hydroxyl groups is 1. The summed E-state index contributed by atoms with van der Waals surface area (Å²) in [5.74, 6) is 0.837. The van der Waals surface area contributed by atoms with Crippen molar-refractivity contribution in [3.8, 4) is 11.5 Å². The quantitative estimate of drug-likeness (QED) is 0.506. The topological polar surface area (TPSA) is 94.6 Å². The molecule has 146 valence electrons. The van der Waals surface area contributed by atoms with E-state index in [9.17, 15) is 15.0 Å². The number of ether oxygens (including phenoxy) is 1. The van der Waals surface area contributed by atoms with Crippen molar-refractivity contribution in [1.29, 1.82) is 0 Å². The van der Waals surface area contributed by atoms with Gasteiger partial charge in [-0.25, -0.2) is 0 Å². The Labute approximate surface area is 162 Å². The standard InChI is InChI=1S/C22H24N2O4/c1-28-15-4-2-14(3-5-15)12-22(10-11-22)23-13-19(26)16-6-8-18(25)21-17(16)7-9-20(27)24-21/h2-9,19,23,25-26H,10-13H2,1H3,(H,24,27). The first-order chi connectivity index (χ1) is 13.5. The third-order valence-electron chi connectivity index (χ3n) is 5.49. The zero-order valence-electron chi connectivity index (χ0n) is 15.7. The number of hydrogen-bond donors (Lipinski definition) is 4. The van der Waals surface area contributed by atoms with Gasteiger partial charge in [0.2, 0.25) is 5.56 Å². The van der Waals surface area contributed by atoms with Crippen LogP contribution in [-0.4, -0.2) is 34.4 Å². The molecule has 4 N–H and O–H groups in total. The van der Waals surface area contributed by atoms with Gasteiger partial charge in [0.05, 0.1) is 18.7 Å². The van der Waals surface area contributed by atoms with Crippen molar-refractivity contribution >= 4 is 10.9 Å². The predicted molar refractivity (Wildman–Crippen MR) is 108 cm³/mol. The number of benzene rings is 2. The van der Waals surface area contributed by atoms with Crippen molar-refractivity contribution in [2.24, 2.45) is 0 Å². The zero-order chi connectivity index (χ0) is 19.7. The minimum Gasteiger partial charge on any atom is -0.506 e. The van der Waals surface area contributed by atoms with Gasteiger partial charge in [0.25, 0.3) is 0 Å². The van der Waals surface area contributed by atoms with E-state index in [2.05, 4.69) is 22.4 Å². The third kappa shape index (κ3) is 3.74. The van der Waals surface area contributed by atoms with Gasteiger partial charge in [-0.15, -0.1) is 0 Å². The summed E-state index contributed by atoms with van der Waals surface area (Å²) in [5, 5.41) is 24.9. The zero-order valence-corrected chi connectivity index (χ0v) is 15.7. The maximum absolute atomic E-state index is 11.5. The highest BCUT2D eigenvalue weighted by Crippen LogP contribution is 2.39. The molecule has 0 aliphatic heterocycles. The number of phenols is 1. The van der Waals surface area contributed by atoms with Crippen LogP contribution in [0.15, 0.2) is 53.3 Å². The number of fused-ring (bicyclic) bond motifs is 1. The van der Waals surface area contributed by atoms with Crippen LogP contribution in [0.1, 0.15) is 30.1 Å². The lowest BCUT2D eigenvalue weighted by Gasteiger charge is -2.21. The largest absolute Gasteiger partial charge is 0.506 e. The van der Waals surface area contributed by atoms with Gasteiger partial charge in [-0.2, -0.15) is 0 Å². The molecule has 1 aliphatic carbocycles. The van der Waals surface area contributed by atoms with E-state index in [0.29, 0.717) is 23.0 Å². The molecule has 1 saturated carbocycles. The third-order valence-corrected chi connectivity index (χ3v) is 5.49. The number of hydrogen-bond acceptors (Lipinski definition) is 5. The molecule has 0 radical (unpaired) electrons. The Morgan fingerprint density at radius 3 is 2.57 bits per heavy atom. The first-order valence-electron chi connectivity index (χ1n) is 9.41. The number of nitrogens with one attached hydrogen (secondary N) is 2. The van der Waals surface area contributed by atoms with Gasteiger partial charge in [-0.05, 0) is 54.7 Å². The van der Waals surface area contributed by atoms with E-state index in [-0.39, 0.29) is 16.8 Å². The number of rotatable bonds is 7. The highest BCUT2D eigenvalue weighted by molar-refractivity contribution is 5.87. The monoisotopic (exact) mass is 380 g/mol. The van der Waals surface area contributed by atoms with E-state index < -0.39 is 6.10 Å². The van der Waals surface area contributed by atoms with Crippen molar-refractivity contribution in [3.05, 3.63) is 70.0 Å². The fraction of sp³-hybridized carbons (Fsp3) is 0.318. The van der Waals surface area contributed by atoms with Gasteiger partial charge >= 0.3 is 0 Å². The van der Waals surface area contributed by atoms with Gasteiger partial charge < -0.3 is 25.3 Å². The second-order valence-electron chi connectivity index (χ2n) is 7.49. The highest BCUT2D eigenvalue weighted by Gasteiger charge is 2.42. The Kier molecular flexibility index (Phi) is 4.83. The molecule has 2 aromatic carbocycles. The van der Waals surface area contributed by atoms with E-state index in [1.807, 2.05) is 12.1 Å². The molecule has 0 saturated heterocycles. The van der Waals surface area contributed by atoms with Crippen molar-refractivity contribution in [2.45, 2.75) is 30.9 Å². The molecule has 1 aliphatic rings. The lowest BCUT2D eigenvalue weighted by atomic mass is 10.0. The molecule has 28 heavy (non-hydrogen) atoms. The molecule has 4 rings (SSSR count). The molecule has 0 bridgehead atoms. The van der Waals surface area contributed by atoms with Crippen molar-refractivity contribution < 1.29 is 14.9 Å². The minimum atomic E-state index is -0.748. The van der Waals surface area contributed by atoms with Crippen LogP contribution in [0.2, 0.25) is 0 Å². The fourth-order valence-corrected chi connectivity index (χ4v) is 3.67. The Bertz CT molecular complexity index is 1040. The van der Waals surface area contributed by atoms with Gasteiger partial charge in [0.15, 0.2) is 0 Å². The number of H-pyrrole nitrogens is 1. The number of β-amino-alcohol motifs (C(OH)–C–C–N with tert-alkyl or cyclic N) is 1. The molecule has 1 atom stereocenters. The predicted octanol–water partition coefficient (Wildman–Crippen LogP) is 2.64. The molecular formula is C22H24N2O4. The number of aromatic hydroxyl groups is 1. The summed E-state index contributed by atoms with van der Waals surface area (Å²) in [7, 11) is 1.66. The summed E-state index contributed by atoms with van der Waals surface area (Å²) < 4.78 is 5.21. The van der Waals surface area contributed by atoms with Crippen LogP contribution in [0, 0.1) is 0 Å². The molecule has 3 aromatic rings. The van der Waals surface area contributed by atoms with E-state index in [1.54, 1.807) is 19.2 Å². The molecule has 1 fully saturated rings. The van der Waals surface area contributed by atoms with Gasteiger partial charge in [-0.1, -0.05) is 18.2 Å². The Morgan fingerprint density at radius 2 is 1.89 bits per heavy atom. The second-order valence-corrected chi connectivity index (χ2v) is 7.49. The number of methoxy groups -OCH3 is 1. The molecule has 0 amide bonds. The average molecular weight is 380 g/mol. The molecule has 6 nitrogen and oxygen atoms in total. The second kappa shape index (κ2) is 7.30. The molecular weight excluding hydrogens is 356 g/mol. The summed E-state index contributed by atoms with van der Waals surface area (Å²) in [6, 6.07) is 14.3. The lowest BCUT2D eigenvalue weighted by Crippen LogP contribution is -2.36. The molecule has 0 spiro atoms. The Balaban J connectivity index is 1.47. The van der Waals surface area contributed by atoms with E-state index >= 15 is 0 Å². The van der Waals surface area contributed by atoms with Crippen LogP contribution in [-0.2, 0) is 6.42 Å². The van der Waals surface area contributed by atoms with Crippen molar-refractivity contribution in [2.75, 3.05) is 13.7 Å². The summed E-state index contributed by atoms with van der Waals surface area (Å²) in [4.78, 5) is 14.2. The number of aliphatic hydroxyl groups excluding tert-OH is 1. The first kappa shape index (κ1) is 18.5. The Hall–Kier alpha value is -2.83. The van der Waals surface area contributed by atoms with Crippen LogP contribution in [0.25, 0.3) is 10.9 Å². The highest BCUT2D eigenvalue weighted by atomic mass is 16.5. The molecule has 1 heterocycles. The maximum atomic E-state index is 11.5. The lowest BCUT2D eigenvalue weighted by molar-refractivity contribution is 0.169. The number of aromatic amines is 1.